The zero-order chi connectivity index (χ0) is 22.7. The van der Waals surface area contributed by atoms with E-state index < -0.39 is 5.60 Å². The van der Waals surface area contributed by atoms with E-state index in [0.717, 1.165) is 37.5 Å². The van der Waals surface area contributed by atoms with Crippen molar-refractivity contribution >= 4 is 5.78 Å². The van der Waals surface area contributed by atoms with E-state index in [4.69, 9.17) is 5.26 Å². The predicted octanol–water partition coefficient (Wildman–Crippen LogP) is 5.12. The van der Waals surface area contributed by atoms with E-state index in [1.54, 1.807) is 17.1 Å². The van der Waals surface area contributed by atoms with Gasteiger partial charge in [-0.05, 0) is 106 Å². The second-order valence-corrected chi connectivity index (χ2v) is 12.1. The van der Waals surface area contributed by atoms with Crippen LogP contribution < -0.4 is 0 Å². The molecule has 1 aromatic rings. The molecule has 174 valence electrons. The van der Waals surface area contributed by atoms with Gasteiger partial charge in [-0.1, -0.05) is 13.8 Å². The average Bonchev–Trinajstić information content (AvgIpc) is 3.36. The van der Waals surface area contributed by atoms with Gasteiger partial charge in [-0.15, -0.1) is 0 Å². The first kappa shape index (κ1) is 22.1. The molecule has 5 rings (SSSR count). The highest BCUT2D eigenvalue weighted by molar-refractivity contribution is 5.82. The Hall–Kier alpha value is -1.67. The third-order valence-electron chi connectivity index (χ3n) is 10.8. The number of aromatic nitrogens is 2. The van der Waals surface area contributed by atoms with E-state index in [-0.39, 0.29) is 11.3 Å². The van der Waals surface area contributed by atoms with E-state index in [1.165, 1.54) is 38.5 Å². The van der Waals surface area contributed by atoms with Crippen LogP contribution in [0.4, 0.5) is 0 Å². The monoisotopic (exact) mass is 437 g/mol. The van der Waals surface area contributed by atoms with Crippen molar-refractivity contribution in [3.63, 3.8) is 0 Å². The lowest BCUT2D eigenvalue weighted by atomic mass is 9.42. The van der Waals surface area contributed by atoms with Crippen LogP contribution >= 0.6 is 0 Å². The standard InChI is InChI=1S/C27H39N3O2/c1-4-27-12-11-25(2,32)13-19(27)5-6-20-21-7-8-23(26(21,3)10-9-22(20)27)24(31)17-30-16-18(14-28)15-29-30/h15-16,19-23,32H,4-13,17H2,1-3H3/t19-,20+,21+,22+,23-,25-,26+,27+/m1/s1. The summed E-state index contributed by atoms with van der Waals surface area (Å²) in [5.74, 6) is 3.22. The number of aliphatic hydroxyl groups is 1. The summed E-state index contributed by atoms with van der Waals surface area (Å²) in [6.45, 7) is 7.13. The second-order valence-electron chi connectivity index (χ2n) is 12.1. The van der Waals surface area contributed by atoms with Gasteiger partial charge in [-0.2, -0.15) is 10.4 Å². The van der Waals surface area contributed by atoms with E-state index in [0.29, 0.717) is 35.1 Å². The van der Waals surface area contributed by atoms with Gasteiger partial charge < -0.3 is 5.11 Å². The molecule has 0 bridgehead atoms. The molecule has 4 aliphatic rings. The van der Waals surface area contributed by atoms with Crippen molar-refractivity contribution in [1.29, 1.82) is 5.26 Å². The Morgan fingerprint density at radius 2 is 2.00 bits per heavy atom. The molecule has 0 aliphatic heterocycles. The number of Topliss-reactive ketones (excluding diaryl/α,β-unsaturated/α-hetero) is 1. The molecule has 0 aromatic carbocycles. The molecular formula is C27H39N3O2. The van der Waals surface area contributed by atoms with Crippen LogP contribution in [0.5, 0.6) is 0 Å². The molecule has 0 amide bonds. The molecule has 0 saturated heterocycles. The van der Waals surface area contributed by atoms with Crippen LogP contribution in [-0.4, -0.2) is 26.3 Å². The molecule has 0 radical (unpaired) electrons. The quantitative estimate of drug-likeness (QED) is 0.709. The maximum Gasteiger partial charge on any atom is 0.157 e. The van der Waals surface area contributed by atoms with Crippen LogP contribution in [0.3, 0.4) is 0 Å². The molecule has 4 aliphatic carbocycles. The minimum absolute atomic E-state index is 0.103. The lowest BCUT2D eigenvalue weighted by molar-refractivity contribution is -0.158. The molecular weight excluding hydrogens is 398 g/mol. The van der Waals surface area contributed by atoms with Gasteiger partial charge in [0.25, 0.3) is 0 Å². The van der Waals surface area contributed by atoms with Gasteiger partial charge >= 0.3 is 0 Å². The Kier molecular flexibility index (Phi) is 5.32. The highest BCUT2D eigenvalue weighted by Gasteiger charge is 2.62. The minimum atomic E-state index is -0.484. The number of hydrogen-bond donors (Lipinski definition) is 1. The SMILES string of the molecule is CC[C@]12CC[C@@](C)(O)C[C@H]1CC[C@H]1[C@@H]3CC[C@H](C(=O)Cn4cc(C#N)cn4)[C@@]3(C)CC[C@@H]12. The summed E-state index contributed by atoms with van der Waals surface area (Å²) in [7, 11) is 0. The van der Waals surface area contributed by atoms with Crippen LogP contribution in [0.25, 0.3) is 0 Å². The van der Waals surface area contributed by atoms with Gasteiger partial charge in [0, 0.05) is 12.1 Å². The highest BCUT2D eigenvalue weighted by atomic mass is 16.3. The first-order valence-electron chi connectivity index (χ1n) is 12.9. The van der Waals surface area contributed by atoms with Crippen molar-refractivity contribution in [2.24, 2.45) is 40.4 Å². The Labute approximate surface area is 192 Å². The zero-order valence-corrected chi connectivity index (χ0v) is 20.0. The summed E-state index contributed by atoms with van der Waals surface area (Å²) in [5.41, 5.74) is 0.534. The van der Waals surface area contributed by atoms with Gasteiger partial charge in [-0.25, -0.2) is 0 Å². The molecule has 5 heteroatoms. The first-order valence-corrected chi connectivity index (χ1v) is 12.9. The van der Waals surface area contributed by atoms with E-state index in [9.17, 15) is 9.90 Å². The summed E-state index contributed by atoms with van der Waals surface area (Å²) in [6, 6.07) is 2.10. The molecule has 8 atom stereocenters. The predicted molar refractivity (Wildman–Crippen MR) is 122 cm³/mol. The smallest absolute Gasteiger partial charge is 0.157 e. The van der Waals surface area contributed by atoms with Crippen molar-refractivity contribution in [2.45, 2.75) is 97.1 Å². The van der Waals surface area contributed by atoms with Crippen molar-refractivity contribution < 1.29 is 9.90 Å². The van der Waals surface area contributed by atoms with Crippen LogP contribution in [0.15, 0.2) is 12.4 Å². The lowest BCUT2D eigenvalue weighted by Crippen LogP contribution is -2.56. The summed E-state index contributed by atoms with van der Waals surface area (Å²) in [6.07, 6.45) is 14.7. The number of nitriles is 1. The van der Waals surface area contributed by atoms with Crippen molar-refractivity contribution in [1.82, 2.24) is 9.78 Å². The molecule has 5 nitrogen and oxygen atoms in total. The second kappa shape index (κ2) is 7.69. The zero-order valence-electron chi connectivity index (χ0n) is 20.0. The largest absolute Gasteiger partial charge is 0.390 e. The van der Waals surface area contributed by atoms with Gasteiger partial charge in [0.1, 0.15) is 6.07 Å². The molecule has 0 unspecified atom stereocenters. The number of ketones is 1. The number of carbonyl (C=O) groups is 1. The summed E-state index contributed by atoms with van der Waals surface area (Å²) in [5, 5.41) is 24.1. The van der Waals surface area contributed by atoms with Crippen LogP contribution in [0.1, 0.15) is 90.5 Å². The Morgan fingerprint density at radius 3 is 2.72 bits per heavy atom. The number of rotatable bonds is 4. The lowest BCUT2D eigenvalue weighted by Gasteiger charge is -2.63. The normalized spacial score (nSPS) is 45.4. The van der Waals surface area contributed by atoms with E-state index in [1.807, 2.05) is 6.92 Å². The molecule has 1 heterocycles. The molecule has 32 heavy (non-hydrogen) atoms. The van der Waals surface area contributed by atoms with E-state index in [2.05, 4.69) is 25.0 Å². The molecule has 0 spiro atoms. The summed E-state index contributed by atoms with van der Waals surface area (Å²) >= 11 is 0. The Balaban J connectivity index is 1.35. The third kappa shape index (κ3) is 3.28. The molecule has 1 aromatic heterocycles. The fourth-order valence-electron chi connectivity index (χ4n) is 9.25. The average molecular weight is 438 g/mol. The fraction of sp³-hybridized carbons (Fsp3) is 0.815. The maximum atomic E-state index is 13.4. The van der Waals surface area contributed by atoms with Crippen LogP contribution in [0, 0.1) is 51.8 Å². The highest BCUT2D eigenvalue weighted by Crippen LogP contribution is 2.69. The molecule has 1 N–H and O–H groups in total. The minimum Gasteiger partial charge on any atom is -0.390 e. The number of hydrogen-bond acceptors (Lipinski definition) is 4. The summed E-state index contributed by atoms with van der Waals surface area (Å²) in [4.78, 5) is 13.4. The fourth-order valence-corrected chi connectivity index (χ4v) is 9.25. The van der Waals surface area contributed by atoms with Gasteiger partial charge in [0.15, 0.2) is 5.78 Å². The first-order chi connectivity index (χ1) is 15.2. The van der Waals surface area contributed by atoms with Crippen molar-refractivity contribution in [3.05, 3.63) is 18.0 Å². The Bertz CT molecular complexity index is 930. The number of nitrogens with zero attached hydrogens (tertiary/aromatic N) is 3. The van der Waals surface area contributed by atoms with E-state index >= 15 is 0 Å². The number of carbonyl (C=O) groups excluding carboxylic acids is 1. The molecule has 4 saturated carbocycles. The van der Waals surface area contributed by atoms with Crippen LogP contribution in [-0.2, 0) is 11.3 Å². The van der Waals surface area contributed by atoms with Crippen LogP contribution in [0.2, 0.25) is 0 Å². The third-order valence-corrected chi connectivity index (χ3v) is 10.8. The van der Waals surface area contributed by atoms with Crippen molar-refractivity contribution in [3.8, 4) is 6.07 Å². The van der Waals surface area contributed by atoms with Gasteiger partial charge in [0.2, 0.25) is 0 Å². The summed E-state index contributed by atoms with van der Waals surface area (Å²) < 4.78 is 1.65. The topological polar surface area (TPSA) is 78.9 Å². The Morgan fingerprint density at radius 1 is 1.19 bits per heavy atom. The van der Waals surface area contributed by atoms with Crippen molar-refractivity contribution in [2.75, 3.05) is 0 Å². The van der Waals surface area contributed by atoms with Gasteiger partial charge in [-0.3, -0.25) is 9.48 Å². The van der Waals surface area contributed by atoms with Gasteiger partial charge in [0.05, 0.1) is 23.9 Å². The molecule has 4 fully saturated rings. The number of fused-ring (bicyclic) bond motifs is 5. The maximum absolute atomic E-state index is 13.4.